The van der Waals surface area contributed by atoms with E-state index < -0.39 is 41.7 Å². The minimum atomic E-state index is -0.993. The Morgan fingerprint density at radius 3 is 2.57 bits per heavy atom. The van der Waals surface area contributed by atoms with Crippen LogP contribution in [0.3, 0.4) is 0 Å². The second kappa shape index (κ2) is 10.3. The van der Waals surface area contributed by atoms with Crippen molar-refractivity contribution in [3.05, 3.63) is 28.2 Å². The maximum atomic E-state index is 11.6. The van der Waals surface area contributed by atoms with Gasteiger partial charge in [0.15, 0.2) is 6.10 Å². The van der Waals surface area contributed by atoms with Gasteiger partial charge in [-0.1, -0.05) is 41.0 Å². The monoisotopic (exact) mass is 451 g/mol. The highest BCUT2D eigenvalue weighted by atomic mass is 35.5. The van der Waals surface area contributed by atoms with Crippen molar-refractivity contribution < 1.29 is 33.3 Å². The molecular weight excluding hydrogens is 433 g/mol. The molecule has 0 spiro atoms. The Morgan fingerprint density at radius 1 is 1.25 bits per heavy atom. The normalized spacial score (nSPS) is 27.0. The van der Waals surface area contributed by atoms with E-state index >= 15 is 0 Å². The number of hydrogen-bond acceptors (Lipinski definition) is 9. The van der Waals surface area contributed by atoms with E-state index in [-0.39, 0.29) is 13.1 Å². The summed E-state index contributed by atoms with van der Waals surface area (Å²) in [6, 6.07) is 4.11. The lowest BCUT2D eigenvalue weighted by Crippen LogP contribution is -2.63. The van der Waals surface area contributed by atoms with Gasteiger partial charge in [-0.3, -0.25) is 14.4 Å². The van der Waals surface area contributed by atoms with Crippen LogP contribution < -0.4 is 5.73 Å². The molecule has 5 unspecified atom stereocenters. The van der Waals surface area contributed by atoms with Gasteiger partial charge in [-0.2, -0.15) is 0 Å². The molecule has 5 atom stereocenters. The van der Waals surface area contributed by atoms with E-state index in [0.717, 1.165) is 11.8 Å². The van der Waals surface area contributed by atoms with E-state index in [2.05, 4.69) is 0 Å². The SMILES string of the molecule is CC(=O)OCC1OC(Sc2cccc(Cl)c2Cl)C(OC(C)=O)C(N)C1OC=O. The molecule has 0 saturated carbocycles. The molecule has 2 N–H and O–H groups in total. The number of benzene rings is 1. The van der Waals surface area contributed by atoms with Crippen LogP contribution in [0.5, 0.6) is 0 Å². The summed E-state index contributed by atoms with van der Waals surface area (Å²) in [4.78, 5) is 34.2. The van der Waals surface area contributed by atoms with E-state index in [1.54, 1.807) is 18.2 Å². The Kier molecular flexibility index (Phi) is 8.38. The first-order chi connectivity index (χ1) is 13.2. The molecule has 1 heterocycles. The zero-order valence-corrected chi connectivity index (χ0v) is 17.3. The fourth-order valence-corrected chi connectivity index (χ4v) is 4.32. The maximum Gasteiger partial charge on any atom is 0.303 e. The Hall–Kier alpha value is -1.52. The summed E-state index contributed by atoms with van der Waals surface area (Å²) in [5.41, 5.74) is 5.39. The summed E-state index contributed by atoms with van der Waals surface area (Å²) in [6.07, 6.45) is -2.82. The van der Waals surface area contributed by atoms with Crippen molar-refractivity contribution in [1.82, 2.24) is 0 Å². The average Bonchev–Trinajstić information content (AvgIpc) is 2.62. The van der Waals surface area contributed by atoms with Crippen LogP contribution in [0.1, 0.15) is 13.8 Å². The van der Waals surface area contributed by atoms with Gasteiger partial charge < -0.3 is 24.7 Å². The number of esters is 2. The van der Waals surface area contributed by atoms with Gasteiger partial charge in [-0.05, 0) is 12.1 Å². The molecule has 0 amide bonds. The topological polar surface area (TPSA) is 114 Å². The summed E-state index contributed by atoms with van der Waals surface area (Å²) >= 11 is 13.4. The molecule has 11 heteroatoms. The highest BCUT2D eigenvalue weighted by Gasteiger charge is 2.48. The molecule has 1 fully saturated rings. The van der Waals surface area contributed by atoms with Crippen molar-refractivity contribution in [3.63, 3.8) is 0 Å². The van der Waals surface area contributed by atoms with Gasteiger partial charge in [0.1, 0.15) is 24.3 Å². The predicted molar refractivity (Wildman–Crippen MR) is 102 cm³/mol. The molecule has 154 valence electrons. The van der Waals surface area contributed by atoms with Gasteiger partial charge in [0, 0.05) is 18.7 Å². The van der Waals surface area contributed by atoms with Crippen LogP contribution in [0, 0.1) is 0 Å². The molecule has 2 rings (SSSR count). The van der Waals surface area contributed by atoms with Crippen molar-refractivity contribution in [2.75, 3.05) is 6.61 Å². The van der Waals surface area contributed by atoms with Crippen LogP contribution in [0.15, 0.2) is 23.1 Å². The molecule has 0 bridgehead atoms. The first-order valence-corrected chi connectivity index (χ1v) is 9.79. The Bertz CT molecular complexity index is 733. The molecule has 1 aromatic rings. The van der Waals surface area contributed by atoms with Crippen LogP contribution in [0.25, 0.3) is 0 Å². The third kappa shape index (κ3) is 5.74. The predicted octanol–water partition coefficient (Wildman–Crippen LogP) is 2.17. The fraction of sp³-hybridized carbons (Fsp3) is 0.471. The second-order valence-electron chi connectivity index (χ2n) is 5.86. The van der Waals surface area contributed by atoms with Gasteiger partial charge in [0.25, 0.3) is 6.47 Å². The first-order valence-electron chi connectivity index (χ1n) is 8.16. The third-order valence-corrected chi connectivity index (χ3v) is 5.96. The Morgan fingerprint density at radius 2 is 1.96 bits per heavy atom. The lowest BCUT2D eigenvalue weighted by atomic mass is 9.98. The maximum absolute atomic E-state index is 11.6. The molecule has 1 aliphatic heterocycles. The number of rotatable bonds is 7. The quantitative estimate of drug-likeness (QED) is 0.378. The number of carbonyl (C=O) groups is 3. The largest absolute Gasteiger partial charge is 0.463 e. The zero-order valence-electron chi connectivity index (χ0n) is 15.0. The van der Waals surface area contributed by atoms with Gasteiger partial charge in [-0.25, -0.2) is 0 Å². The second-order valence-corrected chi connectivity index (χ2v) is 7.79. The van der Waals surface area contributed by atoms with Crippen LogP contribution in [0.4, 0.5) is 0 Å². The summed E-state index contributed by atoms with van der Waals surface area (Å²) in [7, 11) is 0. The number of thioether (sulfide) groups is 1. The van der Waals surface area contributed by atoms with Gasteiger partial charge in [-0.15, -0.1) is 0 Å². The summed E-state index contributed by atoms with van der Waals surface area (Å²) in [6.45, 7) is 2.47. The molecule has 1 saturated heterocycles. The van der Waals surface area contributed by atoms with Gasteiger partial charge in [0.2, 0.25) is 0 Å². The zero-order chi connectivity index (χ0) is 20.8. The van der Waals surface area contributed by atoms with E-state index in [4.69, 9.17) is 47.9 Å². The van der Waals surface area contributed by atoms with Crippen molar-refractivity contribution in [2.45, 2.75) is 48.5 Å². The van der Waals surface area contributed by atoms with E-state index in [1.807, 2.05) is 0 Å². The fourth-order valence-electron chi connectivity index (χ4n) is 2.64. The molecule has 0 aromatic heterocycles. The number of carbonyl (C=O) groups excluding carboxylic acids is 3. The minimum absolute atomic E-state index is 0.200. The van der Waals surface area contributed by atoms with Crippen LogP contribution in [-0.2, 0) is 33.3 Å². The lowest BCUT2D eigenvalue weighted by molar-refractivity contribution is -0.196. The first kappa shape index (κ1) is 22.8. The van der Waals surface area contributed by atoms with Crippen molar-refractivity contribution in [2.24, 2.45) is 5.73 Å². The van der Waals surface area contributed by atoms with Gasteiger partial charge >= 0.3 is 11.9 Å². The highest BCUT2D eigenvalue weighted by molar-refractivity contribution is 8.00. The van der Waals surface area contributed by atoms with Crippen LogP contribution in [0.2, 0.25) is 10.0 Å². The smallest absolute Gasteiger partial charge is 0.303 e. The van der Waals surface area contributed by atoms with E-state index in [0.29, 0.717) is 14.9 Å². The Balaban J connectivity index is 2.32. The molecule has 1 aliphatic rings. The molecule has 28 heavy (non-hydrogen) atoms. The average molecular weight is 452 g/mol. The number of halogens is 2. The van der Waals surface area contributed by atoms with Gasteiger partial charge in [0.05, 0.1) is 16.1 Å². The summed E-state index contributed by atoms with van der Waals surface area (Å²) in [5.74, 6) is -1.12. The van der Waals surface area contributed by atoms with E-state index in [9.17, 15) is 14.4 Å². The molecule has 8 nitrogen and oxygen atoms in total. The van der Waals surface area contributed by atoms with Crippen molar-refractivity contribution in [1.29, 1.82) is 0 Å². The molecule has 0 radical (unpaired) electrons. The standard InChI is InChI=1S/C17H19Cl2NO7S/c1-8(22)24-6-11-15(25-7-21)14(20)16(26-9(2)23)17(27-11)28-12-5-3-4-10(18)13(12)19/h3-5,7,11,14-17H,6,20H2,1-2H3. The van der Waals surface area contributed by atoms with Crippen LogP contribution >= 0.6 is 35.0 Å². The number of hydrogen-bond donors (Lipinski definition) is 1. The molecule has 1 aromatic carbocycles. The summed E-state index contributed by atoms with van der Waals surface area (Å²) < 4.78 is 21.3. The number of nitrogens with two attached hydrogens (primary N) is 1. The Labute approximate surface area is 175 Å². The lowest BCUT2D eigenvalue weighted by Gasteiger charge is -2.43. The van der Waals surface area contributed by atoms with Crippen molar-refractivity contribution >= 4 is 53.4 Å². The highest BCUT2D eigenvalue weighted by Crippen LogP contribution is 2.40. The number of ether oxygens (including phenoxy) is 4. The van der Waals surface area contributed by atoms with E-state index in [1.165, 1.54) is 13.8 Å². The van der Waals surface area contributed by atoms with Crippen molar-refractivity contribution in [3.8, 4) is 0 Å². The third-order valence-electron chi connectivity index (χ3n) is 3.83. The minimum Gasteiger partial charge on any atom is -0.463 e. The summed E-state index contributed by atoms with van der Waals surface area (Å²) in [5, 5.41) is 0.644. The van der Waals surface area contributed by atoms with Crippen LogP contribution in [-0.4, -0.2) is 54.8 Å². The molecular formula is C17H19Cl2NO7S. The molecule has 0 aliphatic carbocycles.